The highest BCUT2D eigenvalue weighted by atomic mass is 32.1. The summed E-state index contributed by atoms with van der Waals surface area (Å²) in [4.78, 5) is 56.2. The van der Waals surface area contributed by atoms with Gasteiger partial charge in [0.15, 0.2) is 23.9 Å². The Hall–Kier alpha value is -3.51. The molecule has 34 heavy (non-hydrogen) atoms. The van der Waals surface area contributed by atoms with E-state index in [0.29, 0.717) is 21.0 Å². The van der Waals surface area contributed by atoms with Crippen molar-refractivity contribution in [2.45, 2.75) is 46.4 Å². The van der Waals surface area contributed by atoms with Gasteiger partial charge in [-0.25, -0.2) is 14.6 Å². The first-order valence-electron chi connectivity index (χ1n) is 10.6. The molecule has 3 aromatic rings. The summed E-state index contributed by atoms with van der Waals surface area (Å²) in [6, 6.07) is -0.412. The number of nitrogens with zero attached hydrogens (tertiary/aromatic N) is 3. The molecule has 1 amide bonds. The number of β-lactam (4-membered cyclic amide) rings is 1. The lowest BCUT2D eigenvalue weighted by Gasteiger charge is -2.46. The second-order valence-electron chi connectivity index (χ2n) is 8.48. The second kappa shape index (κ2) is 7.77. The molecule has 0 bridgehead atoms. The third-order valence-electron chi connectivity index (χ3n) is 6.35. The SMILES string of the molecule is CC(=O)c1ncn2cc(C3=C(C(=O)OCc4oc(=O)oc4C)N4C(=O)[C@H]([C@@H](C)O)[C@H]4[C@H]3C)sc12. The van der Waals surface area contributed by atoms with Crippen LogP contribution in [-0.4, -0.2) is 49.2 Å². The maximum atomic E-state index is 13.3. The summed E-state index contributed by atoms with van der Waals surface area (Å²) in [5, 5.41) is 10.2. The van der Waals surface area contributed by atoms with Crippen LogP contribution in [0.5, 0.6) is 0 Å². The molecule has 12 heteroatoms. The molecule has 1 saturated heterocycles. The Morgan fingerprint density at radius 3 is 2.68 bits per heavy atom. The van der Waals surface area contributed by atoms with E-state index < -0.39 is 29.9 Å². The molecule has 4 atom stereocenters. The minimum Gasteiger partial charge on any atom is -0.453 e. The molecule has 0 spiro atoms. The van der Waals surface area contributed by atoms with Crippen LogP contribution < -0.4 is 5.82 Å². The van der Waals surface area contributed by atoms with Crippen molar-refractivity contribution in [2.75, 3.05) is 0 Å². The molecule has 0 radical (unpaired) electrons. The molecule has 1 N–H and O–H groups in total. The fourth-order valence-electron chi connectivity index (χ4n) is 4.75. The summed E-state index contributed by atoms with van der Waals surface area (Å²) in [5.41, 5.74) is 0.975. The topological polar surface area (TPSA) is 145 Å². The van der Waals surface area contributed by atoms with Gasteiger partial charge in [-0.2, -0.15) is 0 Å². The maximum absolute atomic E-state index is 13.3. The molecule has 1 fully saturated rings. The molecule has 2 aliphatic heterocycles. The number of aryl methyl sites for hydroxylation is 1. The molecule has 11 nitrogen and oxygen atoms in total. The van der Waals surface area contributed by atoms with E-state index in [1.54, 1.807) is 17.5 Å². The number of aromatic nitrogens is 2. The Labute approximate surface area is 196 Å². The van der Waals surface area contributed by atoms with E-state index in [1.807, 2.05) is 6.92 Å². The van der Waals surface area contributed by atoms with Crippen LogP contribution in [0.15, 0.2) is 31.9 Å². The lowest BCUT2D eigenvalue weighted by atomic mass is 9.77. The van der Waals surface area contributed by atoms with Gasteiger partial charge in [0.2, 0.25) is 5.91 Å². The van der Waals surface area contributed by atoms with Crippen molar-refractivity contribution in [3.05, 3.63) is 50.9 Å². The molecule has 0 aliphatic carbocycles. The van der Waals surface area contributed by atoms with Gasteiger partial charge in [0.25, 0.3) is 0 Å². The summed E-state index contributed by atoms with van der Waals surface area (Å²) in [5.74, 6) is -2.90. The highest BCUT2D eigenvalue weighted by Crippen LogP contribution is 2.51. The zero-order valence-electron chi connectivity index (χ0n) is 18.7. The number of carbonyl (C=O) groups excluding carboxylic acids is 3. The van der Waals surface area contributed by atoms with Gasteiger partial charge in [0.1, 0.15) is 22.5 Å². The summed E-state index contributed by atoms with van der Waals surface area (Å²) in [7, 11) is 0. The molecule has 5 rings (SSSR count). The highest BCUT2D eigenvalue weighted by Gasteiger charge is 2.60. The van der Waals surface area contributed by atoms with Crippen molar-refractivity contribution in [3.8, 4) is 0 Å². The number of esters is 1. The van der Waals surface area contributed by atoms with Crippen molar-refractivity contribution in [1.29, 1.82) is 0 Å². The minimum absolute atomic E-state index is 0.0717. The molecule has 5 heterocycles. The van der Waals surface area contributed by atoms with Gasteiger partial charge in [-0.15, -0.1) is 11.3 Å². The number of fused-ring (bicyclic) bond motifs is 2. The van der Waals surface area contributed by atoms with Gasteiger partial charge in [-0.1, -0.05) is 6.92 Å². The summed E-state index contributed by atoms with van der Waals surface area (Å²) < 4.78 is 16.8. The molecule has 0 unspecified atom stereocenters. The van der Waals surface area contributed by atoms with Gasteiger partial charge in [0.05, 0.1) is 22.9 Å². The summed E-state index contributed by atoms with van der Waals surface area (Å²) in [6.07, 6.45) is 2.39. The van der Waals surface area contributed by atoms with Gasteiger partial charge in [-0.05, 0) is 13.8 Å². The maximum Gasteiger partial charge on any atom is 0.519 e. The first-order chi connectivity index (χ1) is 16.1. The van der Waals surface area contributed by atoms with E-state index in [4.69, 9.17) is 13.6 Å². The van der Waals surface area contributed by atoms with Crippen LogP contribution >= 0.6 is 11.3 Å². The number of hydrogen-bond donors (Lipinski definition) is 1. The fraction of sp³-hybridized carbons (Fsp3) is 0.409. The molecule has 2 aliphatic rings. The van der Waals surface area contributed by atoms with Crippen molar-refractivity contribution in [2.24, 2.45) is 11.8 Å². The highest BCUT2D eigenvalue weighted by molar-refractivity contribution is 7.18. The Morgan fingerprint density at radius 2 is 2.06 bits per heavy atom. The van der Waals surface area contributed by atoms with E-state index >= 15 is 0 Å². The third kappa shape index (κ3) is 3.16. The average Bonchev–Trinajstić information content (AvgIpc) is 3.46. The van der Waals surface area contributed by atoms with E-state index in [9.17, 15) is 24.3 Å². The second-order valence-corrected chi connectivity index (χ2v) is 9.51. The number of rotatable bonds is 6. The Balaban J connectivity index is 1.57. The van der Waals surface area contributed by atoms with E-state index in [2.05, 4.69) is 4.98 Å². The van der Waals surface area contributed by atoms with Crippen LogP contribution in [0.2, 0.25) is 0 Å². The normalized spacial score (nSPS) is 22.8. The number of aliphatic hydroxyl groups is 1. The summed E-state index contributed by atoms with van der Waals surface area (Å²) in [6.45, 7) is 6.02. The van der Waals surface area contributed by atoms with Crippen LogP contribution in [-0.2, 0) is 20.9 Å². The van der Waals surface area contributed by atoms with Crippen molar-refractivity contribution < 1.29 is 33.1 Å². The van der Waals surface area contributed by atoms with E-state index in [0.717, 1.165) is 0 Å². The number of imidazole rings is 1. The third-order valence-corrected chi connectivity index (χ3v) is 7.49. The van der Waals surface area contributed by atoms with Crippen LogP contribution in [0.25, 0.3) is 10.4 Å². The quantitative estimate of drug-likeness (QED) is 0.312. The number of hydrogen-bond acceptors (Lipinski definition) is 10. The van der Waals surface area contributed by atoms with Crippen LogP contribution in [0.4, 0.5) is 0 Å². The first kappa shape index (κ1) is 22.3. The molecular formula is C22H21N3O8S. The van der Waals surface area contributed by atoms with Crippen LogP contribution in [0, 0.1) is 18.8 Å². The molecule has 0 aromatic carbocycles. The Bertz CT molecular complexity index is 1440. The van der Waals surface area contributed by atoms with E-state index in [-0.39, 0.29) is 41.4 Å². The van der Waals surface area contributed by atoms with Gasteiger partial charge in [0, 0.05) is 24.6 Å². The number of amides is 1. The number of Topliss-reactive ketones (excluding diaryl/α,β-unsaturated/α-hetero) is 1. The fourth-order valence-corrected chi connectivity index (χ4v) is 6.02. The lowest BCUT2D eigenvalue weighted by molar-refractivity contribution is -0.164. The zero-order valence-corrected chi connectivity index (χ0v) is 19.5. The predicted octanol–water partition coefficient (Wildman–Crippen LogP) is 1.77. The van der Waals surface area contributed by atoms with Gasteiger partial charge in [-0.3, -0.25) is 14.0 Å². The number of ketones is 1. The molecular weight excluding hydrogens is 466 g/mol. The number of ether oxygens (including phenoxy) is 1. The minimum atomic E-state index is -0.903. The largest absolute Gasteiger partial charge is 0.519 e. The summed E-state index contributed by atoms with van der Waals surface area (Å²) >= 11 is 1.28. The standard InChI is InChI=1S/C22H21N3O8S/c1-8-14(13-5-24-7-23-16(10(3)27)20(24)34-13)18(25-17(8)15(9(2)26)19(25)28)21(29)31-6-12-11(4)32-22(30)33-12/h5,7-9,15,17,26H,6H2,1-4H3/t8-,9+,15+,17+/m0/s1. The first-order valence-corrected chi connectivity index (χ1v) is 11.4. The molecule has 0 saturated carbocycles. The number of aliphatic hydroxyl groups excluding tert-OH is 1. The van der Waals surface area contributed by atoms with Gasteiger partial charge >= 0.3 is 11.8 Å². The Kier molecular flexibility index (Phi) is 5.10. The molecule has 178 valence electrons. The number of carbonyl (C=O) groups is 3. The average molecular weight is 487 g/mol. The van der Waals surface area contributed by atoms with Crippen molar-refractivity contribution in [1.82, 2.24) is 14.3 Å². The van der Waals surface area contributed by atoms with Crippen molar-refractivity contribution in [3.63, 3.8) is 0 Å². The smallest absolute Gasteiger partial charge is 0.453 e. The monoisotopic (exact) mass is 487 g/mol. The number of thiazole rings is 1. The molecule has 3 aromatic heterocycles. The lowest BCUT2D eigenvalue weighted by Crippen LogP contribution is -2.63. The van der Waals surface area contributed by atoms with Crippen LogP contribution in [0.3, 0.4) is 0 Å². The van der Waals surface area contributed by atoms with Crippen molar-refractivity contribution >= 4 is 39.4 Å². The predicted molar refractivity (Wildman–Crippen MR) is 117 cm³/mol. The van der Waals surface area contributed by atoms with Gasteiger partial charge < -0.3 is 23.6 Å². The Morgan fingerprint density at radius 1 is 1.32 bits per heavy atom. The van der Waals surface area contributed by atoms with E-state index in [1.165, 1.54) is 36.4 Å². The zero-order chi connectivity index (χ0) is 24.5. The van der Waals surface area contributed by atoms with Crippen LogP contribution in [0.1, 0.15) is 47.7 Å².